The van der Waals surface area contributed by atoms with Crippen LogP contribution in [-0.4, -0.2) is 13.4 Å². The zero-order valence-corrected chi connectivity index (χ0v) is 8.45. The maximum atomic E-state index is 10.8. The SMILES string of the molecule is CC(C)c1nc(S(N)(=O)=O)cs1. The van der Waals surface area contributed by atoms with Crippen LogP contribution in [0.3, 0.4) is 0 Å². The molecule has 1 heterocycles. The second-order valence-electron chi connectivity index (χ2n) is 2.72. The fourth-order valence-electron chi connectivity index (χ4n) is 0.668. The van der Waals surface area contributed by atoms with Crippen molar-refractivity contribution in [2.75, 3.05) is 0 Å². The third kappa shape index (κ3) is 2.02. The predicted octanol–water partition coefficient (Wildman–Crippen LogP) is 0.914. The molecule has 0 atom stereocenters. The van der Waals surface area contributed by atoms with E-state index < -0.39 is 10.0 Å². The first-order valence-corrected chi connectivity index (χ1v) is 5.82. The number of hydrogen-bond acceptors (Lipinski definition) is 4. The van der Waals surface area contributed by atoms with Crippen molar-refractivity contribution in [3.8, 4) is 0 Å². The Morgan fingerprint density at radius 2 is 2.17 bits per heavy atom. The van der Waals surface area contributed by atoms with Gasteiger partial charge in [-0.05, 0) is 0 Å². The fourth-order valence-corrected chi connectivity index (χ4v) is 2.33. The third-order valence-corrected chi connectivity index (χ3v) is 3.37. The van der Waals surface area contributed by atoms with Crippen LogP contribution in [0, 0.1) is 0 Å². The number of hydrogen-bond donors (Lipinski definition) is 1. The first-order valence-electron chi connectivity index (χ1n) is 3.39. The Labute approximate surface area is 75.5 Å². The molecule has 12 heavy (non-hydrogen) atoms. The van der Waals surface area contributed by atoms with E-state index in [0.29, 0.717) is 0 Å². The molecular weight excluding hydrogens is 196 g/mol. The van der Waals surface area contributed by atoms with Crippen LogP contribution in [0.15, 0.2) is 10.4 Å². The average molecular weight is 206 g/mol. The molecule has 1 aromatic rings. The lowest BCUT2D eigenvalue weighted by Crippen LogP contribution is -2.12. The maximum absolute atomic E-state index is 10.8. The molecular formula is C6H10N2O2S2. The van der Waals surface area contributed by atoms with Gasteiger partial charge in [0.05, 0.1) is 5.01 Å². The molecule has 0 saturated heterocycles. The third-order valence-electron chi connectivity index (χ3n) is 1.29. The highest BCUT2D eigenvalue weighted by atomic mass is 32.2. The Morgan fingerprint density at radius 1 is 1.58 bits per heavy atom. The van der Waals surface area contributed by atoms with Crippen LogP contribution in [0.2, 0.25) is 0 Å². The van der Waals surface area contributed by atoms with Crippen LogP contribution in [0.5, 0.6) is 0 Å². The number of nitrogens with two attached hydrogens (primary N) is 1. The Balaban J connectivity index is 3.09. The molecule has 68 valence electrons. The Morgan fingerprint density at radius 3 is 2.42 bits per heavy atom. The molecule has 6 heteroatoms. The summed E-state index contributed by atoms with van der Waals surface area (Å²) in [5, 5.41) is 7.11. The second-order valence-corrected chi connectivity index (χ2v) is 5.12. The van der Waals surface area contributed by atoms with Crippen molar-refractivity contribution in [1.29, 1.82) is 0 Å². The molecule has 0 radical (unpaired) electrons. The van der Waals surface area contributed by atoms with Gasteiger partial charge >= 0.3 is 0 Å². The molecule has 0 fully saturated rings. The van der Waals surface area contributed by atoms with E-state index in [2.05, 4.69) is 4.98 Å². The lowest BCUT2D eigenvalue weighted by Gasteiger charge is -1.95. The molecule has 0 bridgehead atoms. The standard InChI is InChI=1S/C6H10N2O2S2/c1-4(2)6-8-5(3-11-6)12(7,9)10/h3-4H,1-2H3,(H2,7,9,10). The number of rotatable bonds is 2. The Hall–Kier alpha value is -0.460. The van der Waals surface area contributed by atoms with Gasteiger partial charge in [0.1, 0.15) is 0 Å². The van der Waals surface area contributed by atoms with Crippen molar-refractivity contribution in [1.82, 2.24) is 4.98 Å². The van der Waals surface area contributed by atoms with Crippen LogP contribution in [0.1, 0.15) is 24.8 Å². The minimum atomic E-state index is -3.62. The molecule has 0 amide bonds. The van der Waals surface area contributed by atoms with Crippen molar-refractivity contribution in [2.45, 2.75) is 24.8 Å². The van der Waals surface area contributed by atoms with Crippen molar-refractivity contribution in [2.24, 2.45) is 5.14 Å². The summed E-state index contributed by atoms with van der Waals surface area (Å²) in [5.74, 6) is 0.241. The van der Waals surface area contributed by atoms with Crippen molar-refractivity contribution in [3.05, 3.63) is 10.4 Å². The van der Waals surface area contributed by atoms with Gasteiger partial charge in [-0.2, -0.15) is 0 Å². The van der Waals surface area contributed by atoms with Gasteiger partial charge in [0.2, 0.25) is 0 Å². The molecule has 0 aromatic carbocycles. The van der Waals surface area contributed by atoms with Gasteiger partial charge in [0.25, 0.3) is 10.0 Å². The molecule has 2 N–H and O–H groups in total. The molecule has 0 aliphatic carbocycles. The van der Waals surface area contributed by atoms with Crippen LogP contribution in [0.25, 0.3) is 0 Å². The summed E-state index contributed by atoms with van der Waals surface area (Å²) in [6.45, 7) is 3.90. The normalized spacial score (nSPS) is 12.3. The van der Waals surface area contributed by atoms with E-state index in [1.165, 1.54) is 16.7 Å². The first-order chi connectivity index (χ1) is 5.41. The van der Waals surface area contributed by atoms with Crippen LogP contribution < -0.4 is 5.14 Å². The van der Waals surface area contributed by atoms with E-state index in [1.807, 2.05) is 13.8 Å². The number of aromatic nitrogens is 1. The van der Waals surface area contributed by atoms with Crippen molar-refractivity contribution >= 4 is 21.4 Å². The van der Waals surface area contributed by atoms with Gasteiger partial charge in [0.15, 0.2) is 5.03 Å². The smallest absolute Gasteiger partial charge is 0.228 e. The van der Waals surface area contributed by atoms with E-state index in [4.69, 9.17) is 5.14 Å². The Bertz CT molecular complexity index is 367. The van der Waals surface area contributed by atoms with E-state index in [9.17, 15) is 8.42 Å². The van der Waals surface area contributed by atoms with Gasteiger partial charge in [-0.25, -0.2) is 18.5 Å². The Kier molecular flexibility index (Phi) is 2.50. The predicted molar refractivity (Wildman–Crippen MR) is 47.6 cm³/mol. The molecule has 0 spiro atoms. The van der Waals surface area contributed by atoms with Gasteiger partial charge in [-0.15, -0.1) is 11.3 Å². The van der Waals surface area contributed by atoms with Crippen LogP contribution >= 0.6 is 11.3 Å². The van der Waals surface area contributed by atoms with Crippen LogP contribution in [-0.2, 0) is 10.0 Å². The largest absolute Gasteiger partial charge is 0.256 e. The van der Waals surface area contributed by atoms with Crippen molar-refractivity contribution < 1.29 is 8.42 Å². The minimum absolute atomic E-state index is 0.0313. The molecule has 0 aliphatic rings. The monoisotopic (exact) mass is 206 g/mol. The topological polar surface area (TPSA) is 73.0 Å². The lowest BCUT2D eigenvalue weighted by molar-refractivity contribution is 0.594. The molecule has 1 rings (SSSR count). The van der Waals surface area contributed by atoms with E-state index in [1.54, 1.807) is 0 Å². The summed E-state index contributed by atoms with van der Waals surface area (Å²) in [5.41, 5.74) is 0. The summed E-state index contributed by atoms with van der Waals surface area (Å²) >= 11 is 1.31. The first kappa shape index (κ1) is 9.63. The summed E-state index contributed by atoms with van der Waals surface area (Å²) < 4.78 is 21.6. The second kappa shape index (κ2) is 3.12. The molecule has 4 nitrogen and oxygen atoms in total. The van der Waals surface area contributed by atoms with Crippen molar-refractivity contribution in [3.63, 3.8) is 0 Å². The average Bonchev–Trinajstić information content (AvgIpc) is 2.30. The number of thiazole rings is 1. The number of primary sulfonamides is 1. The van der Waals surface area contributed by atoms with E-state index in [0.717, 1.165) is 5.01 Å². The number of sulfonamides is 1. The van der Waals surface area contributed by atoms with Gasteiger partial charge in [-0.3, -0.25) is 0 Å². The molecule has 1 aromatic heterocycles. The maximum Gasteiger partial charge on any atom is 0.256 e. The lowest BCUT2D eigenvalue weighted by atomic mass is 10.2. The fraction of sp³-hybridized carbons (Fsp3) is 0.500. The molecule has 0 unspecified atom stereocenters. The van der Waals surface area contributed by atoms with E-state index in [-0.39, 0.29) is 10.9 Å². The number of nitrogens with zero attached hydrogens (tertiary/aromatic N) is 1. The summed E-state index contributed by atoms with van der Waals surface area (Å²) in [6, 6.07) is 0. The van der Waals surface area contributed by atoms with Crippen LogP contribution in [0.4, 0.5) is 0 Å². The highest BCUT2D eigenvalue weighted by Gasteiger charge is 2.13. The summed E-state index contributed by atoms with van der Waals surface area (Å²) in [6.07, 6.45) is 0. The summed E-state index contributed by atoms with van der Waals surface area (Å²) in [7, 11) is -3.62. The van der Waals surface area contributed by atoms with Gasteiger partial charge < -0.3 is 0 Å². The van der Waals surface area contributed by atoms with Gasteiger partial charge in [-0.1, -0.05) is 13.8 Å². The quantitative estimate of drug-likeness (QED) is 0.781. The highest BCUT2D eigenvalue weighted by Crippen LogP contribution is 2.20. The highest BCUT2D eigenvalue weighted by molar-refractivity contribution is 7.89. The summed E-state index contributed by atoms with van der Waals surface area (Å²) in [4.78, 5) is 3.89. The minimum Gasteiger partial charge on any atom is -0.228 e. The van der Waals surface area contributed by atoms with E-state index >= 15 is 0 Å². The van der Waals surface area contributed by atoms with Gasteiger partial charge in [0, 0.05) is 11.3 Å². The molecule has 0 saturated carbocycles. The zero-order chi connectivity index (χ0) is 9.35. The zero-order valence-electron chi connectivity index (χ0n) is 6.81. The molecule has 0 aliphatic heterocycles.